The van der Waals surface area contributed by atoms with Crippen molar-refractivity contribution >= 4 is 0 Å². The van der Waals surface area contributed by atoms with Gasteiger partial charge in [0.2, 0.25) is 0 Å². The lowest BCUT2D eigenvalue weighted by molar-refractivity contribution is 0.138. The van der Waals surface area contributed by atoms with E-state index in [4.69, 9.17) is 4.74 Å². The van der Waals surface area contributed by atoms with Gasteiger partial charge in [-0.05, 0) is 62.3 Å². The zero-order chi connectivity index (χ0) is 14.9. The van der Waals surface area contributed by atoms with Gasteiger partial charge in [-0.25, -0.2) is 0 Å². The van der Waals surface area contributed by atoms with Gasteiger partial charge in [-0.15, -0.1) is 0 Å². The topological polar surface area (TPSA) is 41.5 Å². The van der Waals surface area contributed by atoms with Crippen LogP contribution in [-0.2, 0) is 13.0 Å². The quantitative estimate of drug-likeness (QED) is 0.876. The molecule has 1 aliphatic heterocycles. The monoisotopic (exact) mass is 289 g/mol. The van der Waals surface area contributed by atoms with Gasteiger partial charge >= 0.3 is 0 Å². The summed E-state index contributed by atoms with van der Waals surface area (Å²) < 4.78 is 5.92. The van der Waals surface area contributed by atoms with Crippen molar-refractivity contribution < 1.29 is 9.84 Å². The molecule has 1 aliphatic carbocycles. The molecule has 2 N–H and O–H groups in total. The van der Waals surface area contributed by atoms with E-state index in [9.17, 15) is 5.11 Å². The molecule has 1 aromatic rings. The second-order valence-corrected chi connectivity index (χ2v) is 7.25. The standard InChI is InChI=1S/C18H27NO2/c1-18(2)9-16-8-13(6-7-17(16)21-18)10-19-11-14-4-3-5-15(14)12-20/h6-8,14-15,19-20H,3-5,9-12H2,1-2H3. The third kappa shape index (κ3) is 3.41. The van der Waals surface area contributed by atoms with E-state index in [1.54, 1.807) is 0 Å². The largest absolute Gasteiger partial charge is 0.487 e. The van der Waals surface area contributed by atoms with Crippen molar-refractivity contribution in [2.24, 2.45) is 11.8 Å². The van der Waals surface area contributed by atoms with E-state index in [2.05, 4.69) is 37.4 Å². The third-order valence-electron chi connectivity index (χ3n) is 4.91. The van der Waals surface area contributed by atoms with E-state index in [-0.39, 0.29) is 5.60 Å². The summed E-state index contributed by atoms with van der Waals surface area (Å²) in [6.45, 7) is 6.55. The fourth-order valence-corrected chi connectivity index (χ4v) is 3.80. The first-order valence-electron chi connectivity index (χ1n) is 8.20. The normalized spacial score (nSPS) is 26.6. The molecule has 0 amide bonds. The van der Waals surface area contributed by atoms with Crippen LogP contribution in [0.2, 0.25) is 0 Å². The minimum Gasteiger partial charge on any atom is -0.487 e. The Labute approximate surface area is 127 Å². The molecule has 1 saturated carbocycles. The number of ether oxygens (including phenoxy) is 1. The van der Waals surface area contributed by atoms with Crippen LogP contribution in [0.1, 0.15) is 44.2 Å². The Morgan fingerprint density at radius 1 is 1.29 bits per heavy atom. The minimum absolute atomic E-state index is 0.0629. The zero-order valence-electron chi connectivity index (χ0n) is 13.2. The van der Waals surface area contributed by atoms with Gasteiger partial charge in [-0.2, -0.15) is 0 Å². The molecule has 1 fully saturated rings. The number of nitrogens with one attached hydrogen (secondary N) is 1. The van der Waals surface area contributed by atoms with Crippen molar-refractivity contribution in [1.82, 2.24) is 5.32 Å². The molecule has 3 nitrogen and oxygen atoms in total. The lowest BCUT2D eigenvalue weighted by Gasteiger charge is -2.18. The van der Waals surface area contributed by atoms with E-state index in [1.165, 1.54) is 30.4 Å². The summed E-state index contributed by atoms with van der Waals surface area (Å²) in [6, 6.07) is 6.54. The molecule has 2 atom stereocenters. The summed E-state index contributed by atoms with van der Waals surface area (Å²) >= 11 is 0. The Morgan fingerprint density at radius 3 is 2.90 bits per heavy atom. The fraction of sp³-hybridized carbons (Fsp3) is 0.667. The van der Waals surface area contributed by atoms with Crippen molar-refractivity contribution in [2.45, 2.75) is 51.7 Å². The van der Waals surface area contributed by atoms with Crippen LogP contribution >= 0.6 is 0 Å². The van der Waals surface area contributed by atoms with E-state index in [0.29, 0.717) is 18.4 Å². The molecular formula is C18H27NO2. The Balaban J connectivity index is 1.53. The molecule has 1 heterocycles. The smallest absolute Gasteiger partial charge is 0.123 e. The Hall–Kier alpha value is -1.06. The number of fused-ring (bicyclic) bond motifs is 1. The highest BCUT2D eigenvalue weighted by molar-refractivity contribution is 5.41. The van der Waals surface area contributed by atoms with E-state index < -0.39 is 0 Å². The fourth-order valence-electron chi connectivity index (χ4n) is 3.80. The maximum atomic E-state index is 9.37. The number of benzene rings is 1. The van der Waals surface area contributed by atoms with Crippen molar-refractivity contribution in [2.75, 3.05) is 13.2 Å². The summed E-state index contributed by atoms with van der Waals surface area (Å²) in [4.78, 5) is 0. The second-order valence-electron chi connectivity index (χ2n) is 7.25. The molecule has 2 aliphatic rings. The maximum Gasteiger partial charge on any atom is 0.123 e. The highest BCUT2D eigenvalue weighted by Gasteiger charge is 2.30. The molecule has 0 aromatic heterocycles. The van der Waals surface area contributed by atoms with Crippen LogP contribution in [0.4, 0.5) is 0 Å². The summed E-state index contributed by atoms with van der Waals surface area (Å²) in [7, 11) is 0. The van der Waals surface area contributed by atoms with Crippen molar-refractivity contribution in [3.8, 4) is 5.75 Å². The summed E-state index contributed by atoms with van der Waals surface area (Å²) in [5.74, 6) is 2.19. The van der Waals surface area contributed by atoms with Crippen LogP contribution in [0.25, 0.3) is 0 Å². The molecule has 0 saturated heterocycles. The number of hydrogen-bond donors (Lipinski definition) is 2. The molecule has 116 valence electrons. The van der Waals surface area contributed by atoms with Crippen LogP contribution in [0.3, 0.4) is 0 Å². The highest BCUT2D eigenvalue weighted by Crippen LogP contribution is 2.35. The van der Waals surface area contributed by atoms with Gasteiger partial charge in [0.1, 0.15) is 11.4 Å². The molecule has 3 rings (SSSR count). The molecule has 0 radical (unpaired) electrons. The number of hydrogen-bond acceptors (Lipinski definition) is 3. The second kappa shape index (κ2) is 5.98. The van der Waals surface area contributed by atoms with Gasteiger partial charge in [0.25, 0.3) is 0 Å². The summed E-state index contributed by atoms with van der Waals surface area (Å²) in [5.41, 5.74) is 2.59. The van der Waals surface area contributed by atoms with Gasteiger partial charge in [0.05, 0.1) is 0 Å². The van der Waals surface area contributed by atoms with Gasteiger partial charge in [-0.1, -0.05) is 18.6 Å². The lowest BCUT2D eigenvalue weighted by Crippen LogP contribution is -2.26. The molecule has 2 unspecified atom stereocenters. The Bertz CT molecular complexity index is 498. The van der Waals surface area contributed by atoms with E-state index in [0.717, 1.165) is 25.3 Å². The number of aliphatic hydroxyl groups excluding tert-OH is 1. The van der Waals surface area contributed by atoms with Crippen LogP contribution in [0.5, 0.6) is 5.75 Å². The van der Waals surface area contributed by atoms with Gasteiger partial charge in [-0.3, -0.25) is 0 Å². The first-order chi connectivity index (χ1) is 10.1. The first kappa shape index (κ1) is 14.9. The molecular weight excluding hydrogens is 262 g/mol. The predicted molar refractivity (Wildman–Crippen MR) is 84.5 cm³/mol. The molecule has 1 aromatic carbocycles. The lowest BCUT2D eigenvalue weighted by atomic mass is 9.97. The van der Waals surface area contributed by atoms with E-state index >= 15 is 0 Å². The summed E-state index contributed by atoms with van der Waals surface area (Å²) in [6.07, 6.45) is 4.70. The first-order valence-corrected chi connectivity index (χ1v) is 8.20. The van der Waals surface area contributed by atoms with Crippen LogP contribution in [0, 0.1) is 11.8 Å². The third-order valence-corrected chi connectivity index (χ3v) is 4.91. The van der Waals surface area contributed by atoms with Crippen LogP contribution in [0.15, 0.2) is 18.2 Å². The average Bonchev–Trinajstić information content (AvgIpc) is 3.00. The van der Waals surface area contributed by atoms with Crippen molar-refractivity contribution in [3.05, 3.63) is 29.3 Å². The van der Waals surface area contributed by atoms with Crippen molar-refractivity contribution in [1.29, 1.82) is 0 Å². The number of rotatable bonds is 5. The van der Waals surface area contributed by atoms with Gasteiger partial charge in [0, 0.05) is 19.6 Å². The minimum atomic E-state index is -0.0629. The van der Waals surface area contributed by atoms with Crippen LogP contribution in [-0.4, -0.2) is 23.9 Å². The van der Waals surface area contributed by atoms with Gasteiger partial charge in [0.15, 0.2) is 0 Å². The van der Waals surface area contributed by atoms with Crippen molar-refractivity contribution in [3.63, 3.8) is 0 Å². The SMILES string of the molecule is CC1(C)Cc2cc(CNCC3CCCC3CO)ccc2O1. The molecule has 21 heavy (non-hydrogen) atoms. The average molecular weight is 289 g/mol. The molecule has 0 bridgehead atoms. The predicted octanol–water partition coefficient (Wildman–Crippen LogP) is 2.90. The van der Waals surface area contributed by atoms with Crippen LogP contribution < -0.4 is 10.1 Å². The summed E-state index contributed by atoms with van der Waals surface area (Å²) in [5, 5.41) is 12.9. The van der Waals surface area contributed by atoms with E-state index in [1.807, 2.05) is 0 Å². The number of aliphatic hydroxyl groups is 1. The Morgan fingerprint density at radius 2 is 2.10 bits per heavy atom. The maximum absolute atomic E-state index is 9.37. The molecule has 3 heteroatoms. The van der Waals surface area contributed by atoms with Gasteiger partial charge < -0.3 is 15.2 Å². The zero-order valence-corrected chi connectivity index (χ0v) is 13.2. The highest BCUT2D eigenvalue weighted by atomic mass is 16.5. The Kier molecular flexibility index (Phi) is 4.23. The molecule has 0 spiro atoms.